The zero-order valence-corrected chi connectivity index (χ0v) is 21.7. The van der Waals surface area contributed by atoms with Gasteiger partial charge in [0.05, 0.1) is 6.54 Å². The number of carbonyl (C=O) groups excluding carboxylic acids is 1. The summed E-state index contributed by atoms with van der Waals surface area (Å²) < 4.78 is 46.4. The van der Waals surface area contributed by atoms with Gasteiger partial charge in [0.2, 0.25) is 10.1 Å². The minimum Gasteiger partial charge on any atom is -0.491 e. The van der Waals surface area contributed by atoms with E-state index in [1.54, 1.807) is 0 Å². The summed E-state index contributed by atoms with van der Waals surface area (Å²) in [6.07, 6.45) is -1.46. The fourth-order valence-electron chi connectivity index (χ4n) is 3.93. The summed E-state index contributed by atoms with van der Waals surface area (Å²) in [5.74, 6) is 0.272. The molecule has 0 bridgehead atoms. The number of hydrogen-bond donors (Lipinski definition) is 1. The van der Waals surface area contributed by atoms with Gasteiger partial charge in [-0.25, -0.2) is 0 Å². The van der Waals surface area contributed by atoms with E-state index in [2.05, 4.69) is 41.5 Å². The molecule has 4 aromatic rings. The molecule has 1 amide bonds. The van der Waals surface area contributed by atoms with Crippen LogP contribution in [-0.4, -0.2) is 27.3 Å². The molecule has 2 aromatic heterocycles. The first-order chi connectivity index (χ1) is 18.1. The second-order valence-corrected chi connectivity index (χ2v) is 9.85. The molecule has 0 saturated heterocycles. The molecule has 38 heavy (non-hydrogen) atoms. The van der Waals surface area contributed by atoms with Crippen LogP contribution >= 0.6 is 11.3 Å². The van der Waals surface area contributed by atoms with E-state index in [-0.39, 0.29) is 22.0 Å². The average Bonchev–Trinajstić information content (AvgIpc) is 3.47. The number of benzene rings is 2. The molecule has 0 atom stereocenters. The van der Waals surface area contributed by atoms with Crippen molar-refractivity contribution in [2.24, 2.45) is 0 Å². The number of alkyl halides is 3. The van der Waals surface area contributed by atoms with E-state index in [4.69, 9.17) is 4.74 Å². The molecule has 2 heterocycles. The Morgan fingerprint density at radius 1 is 1.24 bits per heavy atom. The highest BCUT2D eigenvalue weighted by molar-refractivity contribution is 7.15. The Bertz CT molecular complexity index is 1550. The number of nitrogens with one attached hydrogen (secondary N) is 1. The topological polar surface area (TPSA) is 92.8 Å². The van der Waals surface area contributed by atoms with Gasteiger partial charge in [-0.1, -0.05) is 55.5 Å². The van der Waals surface area contributed by atoms with Crippen LogP contribution in [0.4, 0.5) is 18.3 Å². The highest BCUT2D eigenvalue weighted by Crippen LogP contribution is 2.33. The third kappa shape index (κ3) is 6.03. The number of fused-ring (bicyclic) bond motifs is 1. The molecule has 0 radical (unpaired) electrons. The number of hydrogen-bond acceptors (Lipinski definition) is 6. The zero-order chi connectivity index (χ0) is 27.4. The van der Waals surface area contributed by atoms with E-state index in [9.17, 15) is 23.2 Å². The normalized spacial score (nSPS) is 12.1. The number of halogens is 3. The number of nitriles is 1. The zero-order valence-electron chi connectivity index (χ0n) is 20.8. The summed E-state index contributed by atoms with van der Waals surface area (Å²) in [5.41, 5.74) is 3.44. The molecule has 0 aliphatic rings. The van der Waals surface area contributed by atoms with Gasteiger partial charge in [0.15, 0.2) is 0 Å². The predicted molar refractivity (Wildman–Crippen MR) is 140 cm³/mol. The molecule has 0 spiro atoms. The van der Waals surface area contributed by atoms with Crippen LogP contribution in [0, 0.1) is 18.3 Å². The lowest BCUT2D eigenvalue weighted by molar-refractivity contribution is -0.138. The molecule has 0 saturated carbocycles. The SMILES string of the molecule is Cc1ccc(C(C)C)c(OCCn2cc(C=C(C#N)C(=O)Nc3nnc(C(F)(F)F)s3)c3ccccc32)c1. The van der Waals surface area contributed by atoms with E-state index >= 15 is 0 Å². The minimum atomic E-state index is -4.67. The smallest absolute Gasteiger partial charge is 0.445 e. The van der Waals surface area contributed by atoms with Crippen molar-refractivity contribution in [3.8, 4) is 11.8 Å². The van der Waals surface area contributed by atoms with Crippen LogP contribution in [0.3, 0.4) is 0 Å². The maximum Gasteiger partial charge on any atom is 0.445 e. The Balaban J connectivity index is 1.55. The van der Waals surface area contributed by atoms with Crippen molar-refractivity contribution >= 4 is 39.4 Å². The molecule has 0 aliphatic carbocycles. The van der Waals surface area contributed by atoms with Gasteiger partial charge in [-0.2, -0.15) is 18.4 Å². The van der Waals surface area contributed by atoms with Gasteiger partial charge in [0.25, 0.3) is 5.91 Å². The predicted octanol–water partition coefficient (Wildman–Crippen LogP) is 6.57. The van der Waals surface area contributed by atoms with Crippen LogP contribution < -0.4 is 10.1 Å². The third-order valence-electron chi connectivity index (χ3n) is 5.75. The maximum atomic E-state index is 12.8. The molecule has 0 fully saturated rings. The van der Waals surface area contributed by atoms with Crippen LogP contribution in [0.15, 0.2) is 54.2 Å². The highest BCUT2D eigenvalue weighted by atomic mass is 32.1. The molecular weight excluding hydrogens is 515 g/mol. The fourth-order valence-corrected chi connectivity index (χ4v) is 4.54. The van der Waals surface area contributed by atoms with Gasteiger partial charge in [0, 0.05) is 22.7 Å². The Labute approximate surface area is 221 Å². The average molecular weight is 540 g/mol. The number of anilines is 1. The lowest BCUT2D eigenvalue weighted by Crippen LogP contribution is -2.13. The Morgan fingerprint density at radius 3 is 2.68 bits per heavy atom. The number of amides is 1. The van der Waals surface area contributed by atoms with Crippen LogP contribution in [0.5, 0.6) is 5.75 Å². The number of para-hydroxylation sites is 1. The summed E-state index contributed by atoms with van der Waals surface area (Å²) >= 11 is 0.186. The van der Waals surface area contributed by atoms with E-state index in [1.165, 1.54) is 6.08 Å². The van der Waals surface area contributed by atoms with Gasteiger partial charge in [-0.05, 0) is 42.2 Å². The van der Waals surface area contributed by atoms with Crippen LogP contribution in [-0.2, 0) is 17.5 Å². The number of aromatic nitrogens is 3. The maximum absolute atomic E-state index is 12.8. The Morgan fingerprint density at radius 2 is 2.00 bits per heavy atom. The van der Waals surface area contributed by atoms with E-state index in [0.29, 0.717) is 24.6 Å². The van der Waals surface area contributed by atoms with E-state index in [0.717, 1.165) is 27.8 Å². The lowest BCUT2D eigenvalue weighted by atomic mass is 10.0. The number of ether oxygens (including phenoxy) is 1. The number of carbonyl (C=O) groups is 1. The standard InChI is InChI=1S/C27H24F3N5O2S/c1-16(2)20-9-8-17(3)12-23(20)37-11-10-35-15-19(21-6-4-5-7-22(21)35)13-18(14-31)24(36)32-26-34-33-25(38-26)27(28,29)30/h4-9,12-13,15-16H,10-11H2,1-3H3,(H,32,34,36). The van der Waals surface area contributed by atoms with Gasteiger partial charge in [-0.3, -0.25) is 10.1 Å². The van der Waals surface area contributed by atoms with Crippen LogP contribution in [0.2, 0.25) is 0 Å². The molecule has 196 valence electrons. The largest absolute Gasteiger partial charge is 0.491 e. The summed E-state index contributed by atoms with van der Waals surface area (Å²) in [6.45, 7) is 7.14. The second-order valence-electron chi connectivity index (χ2n) is 8.87. The third-order valence-corrected chi connectivity index (χ3v) is 6.64. The first-order valence-electron chi connectivity index (χ1n) is 11.7. The first kappa shape index (κ1) is 26.9. The number of rotatable bonds is 8. The second kappa shape index (κ2) is 11.1. The first-order valence-corrected chi connectivity index (χ1v) is 12.5. The molecule has 11 heteroatoms. The molecule has 7 nitrogen and oxygen atoms in total. The van der Waals surface area contributed by atoms with Gasteiger partial charge in [-0.15, -0.1) is 10.2 Å². The van der Waals surface area contributed by atoms with Crippen molar-refractivity contribution in [3.05, 3.63) is 75.9 Å². The monoisotopic (exact) mass is 539 g/mol. The molecule has 0 aliphatic heterocycles. The summed E-state index contributed by atoms with van der Waals surface area (Å²) in [6, 6.07) is 15.5. The molecule has 0 unspecified atom stereocenters. The van der Waals surface area contributed by atoms with Gasteiger partial charge >= 0.3 is 6.18 Å². The molecule has 1 N–H and O–H groups in total. The fraction of sp³-hybridized carbons (Fsp3) is 0.259. The molecule has 2 aromatic carbocycles. The van der Waals surface area contributed by atoms with Gasteiger partial charge in [0.1, 0.15) is 24.0 Å². The van der Waals surface area contributed by atoms with E-state index < -0.39 is 17.1 Å². The van der Waals surface area contributed by atoms with Crippen molar-refractivity contribution < 1.29 is 22.7 Å². The lowest BCUT2D eigenvalue weighted by Gasteiger charge is -2.15. The summed E-state index contributed by atoms with van der Waals surface area (Å²) in [7, 11) is 0. The van der Waals surface area contributed by atoms with E-state index in [1.807, 2.05) is 54.1 Å². The molecule has 4 rings (SSSR count). The van der Waals surface area contributed by atoms with Crippen LogP contribution in [0.25, 0.3) is 17.0 Å². The summed E-state index contributed by atoms with van der Waals surface area (Å²) in [5, 5.41) is 17.5. The van der Waals surface area contributed by atoms with Crippen molar-refractivity contribution in [2.75, 3.05) is 11.9 Å². The molecular formula is C27H24F3N5O2S. The van der Waals surface area contributed by atoms with Crippen molar-refractivity contribution in [1.29, 1.82) is 5.26 Å². The van der Waals surface area contributed by atoms with Crippen molar-refractivity contribution in [1.82, 2.24) is 14.8 Å². The Hall–Kier alpha value is -4.17. The van der Waals surface area contributed by atoms with Crippen molar-refractivity contribution in [2.45, 2.75) is 39.4 Å². The van der Waals surface area contributed by atoms with Gasteiger partial charge < -0.3 is 9.30 Å². The Kier molecular flexibility index (Phi) is 7.83. The number of nitrogens with zero attached hydrogens (tertiary/aromatic N) is 4. The highest BCUT2D eigenvalue weighted by Gasteiger charge is 2.36. The quantitative estimate of drug-likeness (QED) is 0.202. The summed E-state index contributed by atoms with van der Waals surface area (Å²) in [4.78, 5) is 12.6. The minimum absolute atomic E-state index is 0.186. The van der Waals surface area contributed by atoms with Crippen molar-refractivity contribution in [3.63, 3.8) is 0 Å². The number of aryl methyl sites for hydroxylation is 1. The van der Waals surface area contributed by atoms with Crippen LogP contribution in [0.1, 0.15) is 41.5 Å².